The van der Waals surface area contributed by atoms with Crippen LogP contribution in [-0.2, 0) is 19.5 Å². The Morgan fingerprint density at radius 3 is 2.86 bits per heavy atom. The Balaban J connectivity index is 1.44. The van der Waals surface area contributed by atoms with Crippen molar-refractivity contribution in [1.29, 1.82) is 0 Å². The predicted molar refractivity (Wildman–Crippen MR) is 82.6 cm³/mol. The molecule has 6 heteroatoms. The summed E-state index contributed by atoms with van der Waals surface area (Å²) in [6.07, 6.45) is 6.84. The van der Waals surface area contributed by atoms with Crippen molar-refractivity contribution in [3.8, 4) is 5.69 Å². The Morgan fingerprint density at radius 2 is 1.95 bits per heavy atom. The van der Waals surface area contributed by atoms with Gasteiger partial charge in [-0.05, 0) is 12.1 Å². The normalized spacial score (nSPS) is 15.5. The highest BCUT2D eigenvalue weighted by Crippen LogP contribution is 2.12. The summed E-state index contributed by atoms with van der Waals surface area (Å²) in [7, 11) is 0. The lowest BCUT2D eigenvalue weighted by atomic mass is 10.3. The van der Waals surface area contributed by atoms with E-state index in [4.69, 9.17) is 0 Å². The van der Waals surface area contributed by atoms with E-state index in [2.05, 4.69) is 43.1 Å². The molecule has 112 valence electrons. The van der Waals surface area contributed by atoms with Gasteiger partial charge in [0.1, 0.15) is 12.2 Å². The first-order valence-electron chi connectivity index (χ1n) is 7.56. The summed E-state index contributed by atoms with van der Waals surface area (Å²) in [6.45, 7) is 3.90. The van der Waals surface area contributed by atoms with Crippen LogP contribution in [0.25, 0.3) is 5.69 Å². The molecule has 6 nitrogen and oxygen atoms in total. The number of nitrogens with zero attached hydrogens (tertiary/aromatic N) is 6. The number of aromatic nitrogens is 5. The number of fused-ring (bicyclic) bond motifs is 1. The standard InChI is InChI=1S/C16H18N6/c1-2-4-15(5-3-1)22-12-14(10-18-22)11-20-7-6-16-19-17-13-21(16)9-8-20/h1-5,10,12-13H,6-9,11H2. The van der Waals surface area contributed by atoms with Gasteiger partial charge in [-0.25, -0.2) is 4.68 Å². The van der Waals surface area contributed by atoms with E-state index in [0.29, 0.717) is 0 Å². The zero-order valence-electron chi connectivity index (χ0n) is 12.3. The van der Waals surface area contributed by atoms with Gasteiger partial charge >= 0.3 is 0 Å². The molecule has 1 aliphatic rings. The van der Waals surface area contributed by atoms with Gasteiger partial charge in [0, 0.05) is 44.4 Å². The van der Waals surface area contributed by atoms with E-state index in [1.165, 1.54) is 5.56 Å². The van der Waals surface area contributed by atoms with Crippen LogP contribution >= 0.6 is 0 Å². The molecule has 0 bridgehead atoms. The number of rotatable bonds is 3. The second-order valence-electron chi connectivity index (χ2n) is 5.60. The number of para-hydroxylation sites is 1. The van der Waals surface area contributed by atoms with E-state index in [1.54, 1.807) is 0 Å². The van der Waals surface area contributed by atoms with Crippen LogP contribution in [0.1, 0.15) is 11.4 Å². The minimum absolute atomic E-state index is 0.922. The van der Waals surface area contributed by atoms with Crippen LogP contribution in [0.15, 0.2) is 49.1 Å². The van der Waals surface area contributed by atoms with Crippen molar-refractivity contribution in [2.24, 2.45) is 0 Å². The lowest BCUT2D eigenvalue weighted by molar-refractivity contribution is 0.271. The molecule has 1 aromatic carbocycles. The third kappa shape index (κ3) is 2.65. The fraction of sp³-hybridized carbons (Fsp3) is 0.312. The lowest BCUT2D eigenvalue weighted by Crippen LogP contribution is -2.26. The molecule has 0 aliphatic carbocycles. The smallest absolute Gasteiger partial charge is 0.134 e. The molecular formula is C16H18N6. The molecule has 0 saturated heterocycles. The quantitative estimate of drug-likeness (QED) is 0.735. The third-order valence-electron chi connectivity index (χ3n) is 4.07. The Kier molecular flexibility index (Phi) is 3.44. The largest absolute Gasteiger partial charge is 0.316 e. The molecule has 3 aromatic rings. The van der Waals surface area contributed by atoms with Gasteiger partial charge in [-0.1, -0.05) is 18.2 Å². The fourth-order valence-corrected chi connectivity index (χ4v) is 2.86. The number of hydrogen-bond donors (Lipinski definition) is 0. The Bertz CT molecular complexity index is 722. The van der Waals surface area contributed by atoms with Crippen molar-refractivity contribution in [1.82, 2.24) is 29.4 Å². The molecule has 0 amide bonds. The predicted octanol–water partition coefficient (Wildman–Crippen LogP) is 1.52. The second-order valence-corrected chi connectivity index (χ2v) is 5.60. The summed E-state index contributed by atoms with van der Waals surface area (Å²) in [4.78, 5) is 2.45. The van der Waals surface area contributed by atoms with Gasteiger partial charge in [0.25, 0.3) is 0 Å². The number of hydrogen-bond acceptors (Lipinski definition) is 4. The first-order valence-corrected chi connectivity index (χ1v) is 7.56. The van der Waals surface area contributed by atoms with E-state index >= 15 is 0 Å². The van der Waals surface area contributed by atoms with Crippen LogP contribution in [0, 0.1) is 0 Å². The topological polar surface area (TPSA) is 51.8 Å². The van der Waals surface area contributed by atoms with E-state index in [9.17, 15) is 0 Å². The van der Waals surface area contributed by atoms with E-state index in [1.807, 2.05) is 35.4 Å². The Hall–Kier alpha value is -2.47. The molecule has 2 aromatic heterocycles. The minimum atomic E-state index is 0.922. The first kappa shape index (κ1) is 13.2. The average molecular weight is 294 g/mol. The molecule has 0 radical (unpaired) electrons. The molecule has 1 aliphatic heterocycles. The van der Waals surface area contributed by atoms with Crippen molar-refractivity contribution in [3.05, 3.63) is 60.4 Å². The van der Waals surface area contributed by atoms with Gasteiger partial charge in [-0.3, -0.25) is 4.90 Å². The van der Waals surface area contributed by atoms with Gasteiger partial charge in [0.05, 0.1) is 11.9 Å². The molecule has 0 fully saturated rings. The van der Waals surface area contributed by atoms with Crippen molar-refractivity contribution in [2.45, 2.75) is 19.5 Å². The van der Waals surface area contributed by atoms with Gasteiger partial charge < -0.3 is 4.57 Å². The number of benzene rings is 1. The summed E-state index contributed by atoms with van der Waals surface area (Å²) in [5.41, 5.74) is 2.33. The maximum absolute atomic E-state index is 4.47. The van der Waals surface area contributed by atoms with Crippen molar-refractivity contribution >= 4 is 0 Å². The highest BCUT2D eigenvalue weighted by atomic mass is 15.3. The molecule has 0 unspecified atom stereocenters. The molecule has 0 saturated carbocycles. The third-order valence-corrected chi connectivity index (χ3v) is 4.07. The Labute approximate surface area is 129 Å². The summed E-state index contributed by atoms with van der Waals surface area (Å²) >= 11 is 0. The van der Waals surface area contributed by atoms with Gasteiger partial charge in [-0.15, -0.1) is 10.2 Å². The van der Waals surface area contributed by atoms with Crippen molar-refractivity contribution < 1.29 is 0 Å². The zero-order valence-corrected chi connectivity index (χ0v) is 12.3. The van der Waals surface area contributed by atoms with Gasteiger partial charge in [0.2, 0.25) is 0 Å². The van der Waals surface area contributed by atoms with Crippen LogP contribution in [0.5, 0.6) is 0 Å². The van der Waals surface area contributed by atoms with Crippen LogP contribution in [0.3, 0.4) is 0 Å². The summed E-state index contributed by atoms with van der Waals surface area (Å²) in [6, 6.07) is 10.2. The first-order chi connectivity index (χ1) is 10.9. The fourth-order valence-electron chi connectivity index (χ4n) is 2.86. The highest BCUT2D eigenvalue weighted by molar-refractivity contribution is 5.30. The van der Waals surface area contributed by atoms with Crippen LogP contribution in [-0.4, -0.2) is 42.5 Å². The SMILES string of the molecule is c1ccc(-n2cc(CN3CCc4nncn4CC3)cn2)cc1. The highest BCUT2D eigenvalue weighted by Gasteiger charge is 2.15. The zero-order chi connectivity index (χ0) is 14.8. The van der Waals surface area contributed by atoms with Crippen LogP contribution < -0.4 is 0 Å². The molecule has 0 spiro atoms. The summed E-state index contributed by atoms with van der Waals surface area (Å²) in [5.74, 6) is 1.09. The van der Waals surface area contributed by atoms with Gasteiger partial charge in [-0.2, -0.15) is 5.10 Å². The maximum atomic E-state index is 4.47. The molecule has 22 heavy (non-hydrogen) atoms. The molecule has 3 heterocycles. The molecule has 0 atom stereocenters. The average Bonchev–Trinajstić information content (AvgIpc) is 3.16. The molecule has 0 N–H and O–H groups in total. The van der Waals surface area contributed by atoms with Crippen molar-refractivity contribution in [2.75, 3.05) is 13.1 Å². The minimum Gasteiger partial charge on any atom is -0.316 e. The maximum Gasteiger partial charge on any atom is 0.134 e. The van der Waals surface area contributed by atoms with Crippen molar-refractivity contribution in [3.63, 3.8) is 0 Å². The molecular weight excluding hydrogens is 276 g/mol. The Morgan fingerprint density at radius 1 is 1.05 bits per heavy atom. The lowest BCUT2D eigenvalue weighted by Gasteiger charge is -2.18. The van der Waals surface area contributed by atoms with E-state index in [0.717, 1.165) is 44.1 Å². The second kappa shape index (κ2) is 5.73. The van der Waals surface area contributed by atoms with E-state index in [-0.39, 0.29) is 0 Å². The van der Waals surface area contributed by atoms with Crippen LogP contribution in [0.2, 0.25) is 0 Å². The van der Waals surface area contributed by atoms with Gasteiger partial charge in [0.15, 0.2) is 0 Å². The van der Waals surface area contributed by atoms with E-state index < -0.39 is 0 Å². The molecule has 4 rings (SSSR count). The monoisotopic (exact) mass is 294 g/mol. The summed E-state index contributed by atoms with van der Waals surface area (Å²) < 4.78 is 4.08. The summed E-state index contributed by atoms with van der Waals surface area (Å²) in [5, 5.41) is 12.6. The van der Waals surface area contributed by atoms with Crippen LogP contribution in [0.4, 0.5) is 0 Å².